The third-order valence-corrected chi connectivity index (χ3v) is 5.17. The Morgan fingerprint density at radius 1 is 1.19 bits per heavy atom. The van der Waals surface area contributed by atoms with E-state index >= 15 is 4.39 Å². The van der Waals surface area contributed by atoms with Crippen molar-refractivity contribution in [2.75, 3.05) is 13.9 Å². The Morgan fingerprint density at radius 3 is 2.85 bits per heavy atom. The molecule has 0 saturated carbocycles. The number of aromatic nitrogens is 1. The van der Waals surface area contributed by atoms with Crippen molar-refractivity contribution >= 4 is 16.9 Å². The monoisotopic (exact) mass is 368 g/mol. The molecule has 5 rings (SSSR count). The zero-order valence-electron chi connectivity index (χ0n) is 14.5. The van der Waals surface area contributed by atoms with Crippen LogP contribution in [0.15, 0.2) is 42.5 Å². The minimum Gasteiger partial charge on any atom is -0.468 e. The molecule has 3 aromatic rings. The van der Waals surface area contributed by atoms with Crippen molar-refractivity contribution in [3.8, 4) is 11.5 Å². The summed E-state index contributed by atoms with van der Waals surface area (Å²) < 4.78 is 31.0. The number of benzene rings is 2. The highest BCUT2D eigenvalue weighted by Crippen LogP contribution is 2.43. The van der Waals surface area contributed by atoms with Crippen molar-refractivity contribution in [2.45, 2.75) is 18.3 Å². The Bertz CT molecular complexity index is 1050. The molecule has 2 aliphatic rings. The molecule has 0 amide bonds. The van der Waals surface area contributed by atoms with Crippen LogP contribution in [0.5, 0.6) is 11.5 Å². The Labute approximate surface area is 154 Å². The van der Waals surface area contributed by atoms with Crippen LogP contribution in [-0.2, 0) is 9.53 Å². The molecule has 138 valence electrons. The third kappa shape index (κ3) is 2.39. The van der Waals surface area contributed by atoms with Gasteiger partial charge in [-0.3, -0.25) is 10.1 Å². The highest BCUT2D eigenvalue weighted by molar-refractivity contribution is 5.88. The van der Waals surface area contributed by atoms with Crippen molar-refractivity contribution in [1.29, 1.82) is 0 Å². The van der Waals surface area contributed by atoms with Gasteiger partial charge in [-0.15, -0.1) is 0 Å². The maximum atomic E-state index is 15.3. The molecular formula is C20H17FN2O4. The van der Waals surface area contributed by atoms with Crippen LogP contribution >= 0.6 is 0 Å². The first-order chi connectivity index (χ1) is 13.2. The van der Waals surface area contributed by atoms with Crippen LogP contribution in [0, 0.1) is 0 Å². The van der Waals surface area contributed by atoms with Gasteiger partial charge < -0.3 is 19.2 Å². The minimum atomic E-state index is -1.52. The van der Waals surface area contributed by atoms with Gasteiger partial charge in [-0.2, -0.15) is 0 Å². The molecule has 0 bridgehead atoms. The first-order valence-electron chi connectivity index (χ1n) is 8.65. The Morgan fingerprint density at radius 2 is 2.00 bits per heavy atom. The lowest BCUT2D eigenvalue weighted by molar-refractivity contribution is -0.145. The Kier molecular flexibility index (Phi) is 3.58. The molecule has 3 atom stereocenters. The Hall–Kier alpha value is -3.06. The van der Waals surface area contributed by atoms with E-state index in [4.69, 9.17) is 14.2 Å². The summed E-state index contributed by atoms with van der Waals surface area (Å²) in [6.45, 7) is 0.172. The van der Waals surface area contributed by atoms with E-state index in [9.17, 15) is 4.79 Å². The van der Waals surface area contributed by atoms with E-state index in [0.717, 1.165) is 16.5 Å². The molecular weight excluding hydrogens is 351 g/mol. The summed E-state index contributed by atoms with van der Waals surface area (Å²) >= 11 is 0. The molecule has 3 heterocycles. The molecule has 6 nitrogen and oxygen atoms in total. The largest absolute Gasteiger partial charge is 0.468 e. The molecule has 1 aromatic heterocycles. The van der Waals surface area contributed by atoms with Gasteiger partial charge in [0, 0.05) is 22.2 Å². The zero-order valence-corrected chi connectivity index (χ0v) is 14.5. The van der Waals surface area contributed by atoms with Gasteiger partial charge in [-0.1, -0.05) is 24.3 Å². The second-order valence-corrected chi connectivity index (χ2v) is 6.61. The highest BCUT2D eigenvalue weighted by Gasteiger charge is 2.42. The van der Waals surface area contributed by atoms with E-state index in [2.05, 4.69) is 10.3 Å². The number of methoxy groups -OCH3 is 1. The number of aromatic amines is 1. The minimum absolute atomic E-state index is 0.172. The fraction of sp³-hybridized carbons (Fsp3) is 0.250. The second kappa shape index (κ2) is 5.99. The number of esters is 1. The van der Waals surface area contributed by atoms with Gasteiger partial charge in [-0.25, -0.2) is 4.39 Å². The normalized spacial score (nSPS) is 23.3. The number of H-pyrrole nitrogens is 1. The molecule has 2 aromatic carbocycles. The fourth-order valence-electron chi connectivity index (χ4n) is 3.89. The quantitative estimate of drug-likeness (QED) is 0.680. The number of carbonyl (C=O) groups is 1. The molecule has 2 aliphatic heterocycles. The first-order valence-corrected chi connectivity index (χ1v) is 8.65. The smallest absolute Gasteiger partial charge is 0.326 e. The van der Waals surface area contributed by atoms with Crippen LogP contribution in [0.4, 0.5) is 4.39 Å². The summed E-state index contributed by atoms with van der Waals surface area (Å²) in [6.07, 6.45) is -1.52. The number of carbonyl (C=O) groups excluding carboxylic acids is 1. The van der Waals surface area contributed by atoms with Gasteiger partial charge in [0.25, 0.3) is 0 Å². The van der Waals surface area contributed by atoms with Crippen LogP contribution < -0.4 is 14.8 Å². The maximum absolute atomic E-state index is 15.3. The SMILES string of the molecule is COC(=O)C1NC(c2ccc3c(c2)OCO3)c2[nH]c3ccccc3c2C1F. The van der Waals surface area contributed by atoms with E-state index < -0.39 is 24.2 Å². The second-order valence-electron chi connectivity index (χ2n) is 6.61. The van der Waals surface area contributed by atoms with Gasteiger partial charge >= 0.3 is 5.97 Å². The van der Waals surface area contributed by atoms with Crippen molar-refractivity contribution in [1.82, 2.24) is 10.3 Å². The molecule has 0 radical (unpaired) electrons. The lowest BCUT2D eigenvalue weighted by atomic mass is 9.89. The first kappa shape index (κ1) is 16.1. The number of hydrogen-bond donors (Lipinski definition) is 2. The van der Waals surface area contributed by atoms with E-state index in [1.54, 1.807) is 0 Å². The number of nitrogens with one attached hydrogen (secondary N) is 2. The average molecular weight is 368 g/mol. The summed E-state index contributed by atoms with van der Waals surface area (Å²) in [5.41, 5.74) is 2.85. The average Bonchev–Trinajstić information content (AvgIpc) is 3.31. The standard InChI is InChI=1S/C20H17FN2O4/c1-25-20(24)19-16(21)15-11-4-2-3-5-12(11)22-18(15)17(23-19)10-6-7-13-14(8-10)27-9-26-13/h2-8,16-17,19,22-23H,9H2,1H3. The maximum Gasteiger partial charge on any atom is 0.326 e. The number of para-hydroxylation sites is 1. The van der Waals surface area contributed by atoms with Crippen LogP contribution in [0.1, 0.15) is 29.0 Å². The van der Waals surface area contributed by atoms with Crippen LogP contribution in [0.25, 0.3) is 10.9 Å². The number of alkyl halides is 1. The Balaban J connectivity index is 1.69. The molecule has 0 spiro atoms. The number of ether oxygens (including phenoxy) is 3. The summed E-state index contributed by atoms with van der Waals surface area (Å²) in [6, 6.07) is 11.5. The van der Waals surface area contributed by atoms with Crippen LogP contribution in [-0.4, -0.2) is 30.9 Å². The highest BCUT2D eigenvalue weighted by atomic mass is 19.1. The predicted molar refractivity (Wildman–Crippen MR) is 95.5 cm³/mol. The third-order valence-electron chi connectivity index (χ3n) is 5.17. The van der Waals surface area contributed by atoms with Crippen molar-refractivity contribution in [3.63, 3.8) is 0 Å². The van der Waals surface area contributed by atoms with Crippen molar-refractivity contribution in [3.05, 3.63) is 59.3 Å². The number of rotatable bonds is 2. The molecule has 0 fully saturated rings. The molecule has 2 N–H and O–H groups in total. The molecule has 7 heteroatoms. The summed E-state index contributed by atoms with van der Waals surface area (Å²) in [5, 5.41) is 3.87. The van der Waals surface area contributed by atoms with Crippen molar-refractivity contribution < 1.29 is 23.4 Å². The van der Waals surface area contributed by atoms with Gasteiger partial charge in [0.2, 0.25) is 6.79 Å². The molecule has 3 unspecified atom stereocenters. The zero-order chi connectivity index (χ0) is 18.5. The van der Waals surface area contributed by atoms with E-state index in [1.807, 2.05) is 42.5 Å². The predicted octanol–water partition coefficient (Wildman–Crippen LogP) is 3.14. The van der Waals surface area contributed by atoms with Gasteiger partial charge in [-0.05, 0) is 23.8 Å². The molecule has 0 saturated heterocycles. The lowest BCUT2D eigenvalue weighted by Crippen LogP contribution is -2.47. The van der Waals surface area contributed by atoms with Crippen LogP contribution in [0.2, 0.25) is 0 Å². The van der Waals surface area contributed by atoms with Gasteiger partial charge in [0.1, 0.15) is 6.04 Å². The van der Waals surface area contributed by atoms with E-state index in [1.165, 1.54) is 7.11 Å². The molecule has 0 aliphatic carbocycles. The van der Waals surface area contributed by atoms with Crippen molar-refractivity contribution in [2.24, 2.45) is 0 Å². The molecule has 27 heavy (non-hydrogen) atoms. The summed E-state index contributed by atoms with van der Waals surface area (Å²) in [5.74, 6) is 0.660. The fourth-order valence-corrected chi connectivity index (χ4v) is 3.89. The number of fused-ring (bicyclic) bond motifs is 4. The van der Waals surface area contributed by atoms with E-state index in [-0.39, 0.29) is 6.79 Å². The van der Waals surface area contributed by atoms with E-state index in [0.29, 0.717) is 22.8 Å². The number of halogens is 1. The lowest BCUT2D eigenvalue weighted by Gasteiger charge is -2.32. The summed E-state index contributed by atoms with van der Waals surface area (Å²) in [4.78, 5) is 15.5. The summed E-state index contributed by atoms with van der Waals surface area (Å²) in [7, 11) is 1.26. The van der Waals surface area contributed by atoms with Crippen LogP contribution in [0.3, 0.4) is 0 Å². The van der Waals surface area contributed by atoms with Gasteiger partial charge in [0.15, 0.2) is 17.7 Å². The topological polar surface area (TPSA) is 72.6 Å². The number of hydrogen-bond acceptors (Lipinski definition) is 5. The van der Waals surface area contributed by atoms with Gasteiger partial charge in [0.05, 0.1) is 13.2 Å².